The number of hydrogen-bond acceptors (Lipinski definition) is 3. The number of amides is 1. The van der Waals surface area contributed by atoms with Crippen LogP contribution in [-0.2, 0) is 11.3 Å². The molecule has 1 heterocycles. The van der Waals surface area contributed by atoms with Crippen molar-refractivity contribution in [1.82, 2.24) is 20.1 Å². The van der Waals surface area contributed by atoms with Crippen molar-refractivity contribution in [3.63, 3.8) is 0 Å². The molecule has 1 aromatic heterocycles. The van der Waals surface area contributed by atoms with Gasteiger partial charge in [-0.3, -0.25) is 9.48 Å². The van der Waals surface area contributed by atoms with Crippen molar-refractivity contribution in [3.8, 4) is 0 Å². The van der Waals surface area contributed by atoms with Gasteiger partial charge in [0.1, 0.15) is 12.7 Å². The maximum atomic E-state index is 11.5. The van der Waals surface area contributed by atoms with Crippen LogP contribution in [0.25, 0.3) is 0 Å². The first-order chi connectivity index (χ1) is 7.09. The summed E-state index contributed by atoms with van der Waals surface area (Å²) < 4.78 is 1.65. The fourth-order valence-corrected chi connectivity index (χ4v) is 1.06. The number of nitrogens with one attached hydrogen (secondary N) is 1. The highest BCUT2D eigenvalue weighted by Crippen LogP contribution is 2.00. The van der Waals surface area contributed by atoms with Crippen molar-refractivity contribution in [2.75, 3.05) is 0 Å². The third kappa shape index (κ3) is 4.10. The first-order valence-corrected chi connectivity index (χ1v) is 5.21. The minimum absolute atomic E-state index is 0.0618. The lowest BCUT2D eigenvalue weighted by Gasteiger charge is -2.17. The van der Waals surface area contributed by atoms with Gasteiger partial charge >= 0.3 is 0 Å². The van der Waals surface area contributed by atoms with Crippen molar-refractivity contribution in [2.24, 2.45) is 5.92 Å². The molecule has 0 saturated heterocycles. The van der Waals surface area contributed by atoms with E-state index in [4.69, 9.17) is 0 Å². The first kappa shape index (κ1) is 11.7. The Hall–Kier alpha value is -1.39. The van der Waals surface area contributed by atoms with E-state index in [9.17, 15) is 4.79 Å². The van der Waals surface area contributed by atoms with Crippen LogP contribution < -0.4 is 5.32 Å². The molecule has 0 aliphatic carbocycles. The van der Waals surface area contributed by atoms with E-state index in [0.717, 1.165) is 0 Å². The Kier molecular flexibility index (Phi) is 4.27. The Morgan fingerprint density at radius 2 is 2.20 bits per heavy atom. The molecule has 1 aromatic rings. The van der Waals surface area contributed by atoms with E-state index in [2.05, 4.69) is 29.2 Å². The van der Waals surface area contributed by atoms with Gasteiger partial charge in [0.05, 0.1) is 6.54 Å². The van der Waals surface area contributed by atoms with E-state index in [1.807, 2.05) is 6.92 Å². The second-order valence-electron chi connectivity index (χ2n) is 4.01. The molecule has 5 nitrogen and oxygen atoms in total. The molecule has 0 fully saturated rings. The lowest BCUT2D eigenvalue weighted by atomic mass is 10.1. The van der Waals surface area contributed by atoms with Crippen molar-refractivity contribution >= 4 is 5.91 Å². The average Bonchev–Trinajstić information content (AvgIpc) is 2.66. The van der Waals surface area contributed by atoms with E-state index >= 15 is 0 Å². The predicted octanol–water partition coefficient (Wildman–Crippen LogP) is 0.829. The molecule has 0 aliphatic heterocycles. The topological polar surface area (TPSA) is 59.8 Å². The molecule has 0 unspecified atom stereocenters. The molecule has 5 heteroatoms. The smallest absolute Gasteiger partial charge is 0.222 e. The zero-order chi connectivity index (χ0) is 11.3. The van der Waals surface area contributed by atoms with Crippen molar-refractivity contribution in [3.05, 3.63) is 12.7 Å². The normalized spacial score (nSPS) is 12.8. The number of carbonyl (C=O) groups excluding carboxylic acids is 1. The summed E-state index contributed by atoms with van der Waals surface area (Å²) in [4.78, 5) is 15.3. The lowest BCUT2D eigenvalue weighted by Crippen LogP contribution is -2.36. The SMILES string of the molecule is CC(C)[C@@H](C)NC(=O)CCn1cncn1. The summed E-state index contributed by atoms with van der Waals surface area (Å²) >= 11 is 0. The molecular weight excluding hydrogens is 192 g/mol. The summed E-state index contributed by atoms with van der Waals surface area (Å²) in [6.45, 7) is 6.76. The van der Waals surface area contributed by atoms with Crippen LogP contribution in [-0.4, -0.2) is 26.7 Å². The maximum absolute atomic E-state index is 11.5. The fourth-order valence-electron chi connectivity index (χ4n) is 1.06. The van der Waals surface area contributed by atoms with Crippen LogP contribution in [0.15, 0.2) is 12.7 Å². The second-order valence-corrected chi connectivity index (χ2v) is 4.01. The lowest BCUT2D eigenvalue weighted by molar-refractivity contribution is -0.122. The average molecular weight is 210 g/mol. The van der Waals surface area contributed by atoms with Gasteiger partial charge in [0.15, 0.2) is 0 Å². The van der Waals surface area contributed by atoms with Gasteiger partial charge in [-0.15, -0.1) is 0 Å². The Morgan fingerprint density at radius 3 is 2.73 bits per heavy atom. The molecule has 0 bridgehead atoms. The van der Waals surface area contributed by atoms with Gasteiger partial charge < -0.3 is 5.32 Å². The van der Waals surface area contributed by atoms with Crippen molar-refractivity contribution in [1.29, 1.82) is 0 Å². The van der Waals surface area contributed by atoms with Gasteiger partial charge in [0.2, 0.25) is 5.91 Å². The Labute approximate surface area is 89.9 Å². The monoisotopic (exact) mass is 210 g/mol. The van der Waals surface area contributed by atoms with Crippen LogP contribution >= 0.6 is 0 Å². The highest BCUT2D eigenvalue weighted by molar-refractivity contribution is 5.76. The third-order valence-corrected chi connectivity index (χ3v) is 2.42. The Bertz CT molecular complexity index is 294. The summed E-state index contributed by atoms with van der Waals surface area (Å²) in [5.41, 5.74) is 0. The summed E-state index contributed by atoms with van der Waals surface area (Å²) in [7, 11) is 0. The van der Waals surface area contributed by atoms with Crippen LogP contribution in [0.3, 0.4) is 0 Å². The predicted molar refractivity (Wildman–Crippen MR) is 57.1 cm³/mol. The molecule has 0 aliphatic rings. The molecule has 1 N–H and O–H groups in total. The minimum atomic E-state index is 0.0618. The number of aryl methyl sites for hydroxylation is 1. The molecule has 15 heavy (non-hydrogen) atoms. The first-order valence-electron chi connectivity index (χ1n) is 5.21. The number of rotatable bonds is 5. The number of aromatic nitrogens is 3. The van der Waals surface area contributed by atoms with Crippen molar-refractivity contribution < 1.29 is 4.79 Å². The highest BCUT2D eigenvalue weighted by Gasteiger charge is 2.10. The van der Waals surface area contributed by atoms with Crippen molar-refractivity contribution in [2.45, 2.75) is 39.8 Å². The van der Waals surface area contributed by atoms with E-state index < -0.39 is 0 Å². The van der Waals surface area contributed by atoms with Gasteiger partial charge in [-0.2, -0.15) is 5.10 Å². The fraction of sp³-hybridized carbons (Fsp3) is 0.700. The minimum Gasteiger partial charge on any atom is -0.353 e. The zero-order valence-electron chi connectivity index (χ0n) is 9.47. The molecule has 1 rings (SSSR count). The van der Waals surface area contributed by atoms with Gasteiger partial charge in [0, 0.05) is 12.5 Å². The second kappa shape index (κ2) is 5.48. The largest absolute Gasteiger partial charge is 0.353 e. The standard InChI is InChI=1S/C10H18N4O/c1-8(2)9(3)13-10(15)4-5-14-7-11-6-12-14/h6-9H,4-5H2,1-3H3,(H,13,15)/t9-/m1/s1. The van der Waals surface area contributed by atoms with Crippen LogP contribution in [0.5, 0.6) is 0 Å². The van der Waals surface area contributed by atoms with Gasteiger partial charge in [-0.1, -0.05) is 13.8 Å². The van der Waals surface area contributed by atoms with E-state index in [0.29, 0.717) is 18.9 Å². The van der Waals surface area contributed by atoms with Gasteiger partial charge in [-0.05, 0) is 12.8 Å². The molecule has 0 spiro atoms. The summed E-state index contributed by atoms with van der Waals surface area (Å²) in [6, 6.07) is 0.216. The van der Waals surface area contributed by atoms with Crippen LogP contribution in [0.1, 0.15) is 27.2 Å². The number of nitrogens with zero attached hydrogens (tertiary/aromatic N) is 3. The molecule has 1 amide bonds. The molecule has 84 valence electrons. The third-order valence-electron chi connectivity index (χ3n) is 2.42. The van der Waals surface area contributed by atoms with Gasteiger partial charge in [-0.25, -0.2) is 4.98 Å². The molecule has 0 radical (unpaired) electrons. The van der Waals surface area contributed by atoms with Crippen LogP contribution in [0.2, 0.25) is 0 Å². The number of carbonyl (C=O) groups is 1. The molecule has 0 aromatic carbocycles. The van der Waals surface area contributed by atoms with E-state index in [1.54, 1.807) is 11.0 Å². The zero-order valence-corrected chi connectivity index (χ0v) is 9.47. The number of hydrogen-bond donors (Lipinski definition) is 1. The quantitative estimate of drug-likeness (QED) is 0.783. The van der Waals surface area contributed by atoms with E-state index in [1.165, 1.54) is 6.33 Å². The molecule has 1 atom stereocenters. The Morgan fingerprint density at radius 1 is 1.47 bits per heavy atom. The van der Waals surface area contributed by atoms with Gasteiger partial charge in [0.25, 0.3) is 0 Å². The maximum Gasteiger partial charge on any atom is 0.222 e. The van der Waals surface area contributed by atoms with E-state index in [-0.39, 0.29) is 11.9 Å². The molecule has 0 saturated carbocycles. The van der Waals surface area contributed by atoms with Crippen LogP contribution in [0, 0.1) is 5.92 Å². The molecular formula is C10H18N4O. The van der Waals surface area contributed by atoms with Crippen LogP contribution in [0.4, 0.5) is 0 Å². The highest BCUT2D eigenvalue weighted by atomic mass is 16.1. The Balaban J connectivity index is 2.25. The summed E-state index contributed by atoms with van der Waals surface area (Å²) in [5.74, 6) is 0.520. The summed E-state index contributed by atoms with van der Waals surface area (Å²) in [5, 5.41) is 6.87. The summed E-state index contributed by atoms with van der Waals surface area (Å²) in [6.07, 6.45) is 3.52.